The molecule has 0 aromatic heterocycles. The molecule has 0 spiro atoms. The summed E-state index contributed by atoms with van der Waals surface area (Å²) in [4.78, 5) is 26.6. The van der Waals surface area contributed by atoms with E-state index in [4.69, 9.17) is 9.84 Å². The lowest BCUT2D eigenvalue weighted by Gasteiger charge is -2.33. The Morgan fingerprint density at radius 3 is 2.44 bits per heavy atom. The van der Waals surface area contributed by atoms with Crippen molar-refractivity contribution in [2.75, 3.05) is 4.90 Å². The summed E-state index contributed by atoms with van der Waals surface area (Å²) in [6, 6.07) is 15.3. The van der Waals surface area contributed by atoms with Crippen LogP contribution >= 0.6 is 11.8 Å². The van der Waals surface area contributed by atoms with Gasteiger partial charge in [-0.2, -0.15) is 0 Å². The maximum absolute atomic E-state index is 12.9. The van der Waals surface area contributed by atoms with Crippen LogP contribution in [0.25, 0.3) is 0 Å². The average Bonchev–Trinajstić information content (AvgIpc) is 2.58. The van der Waals surface area contributed by atoms with Gasteiger partial charge in [-0.25, -0.2) is 0 Å². The lowest BCUT2D eigenvalue weighted by atomic mass is 10.1. The summed E-state index contributed by atoms with van der Waals surface area (Å²) in [5.41, 5.74) is 1.51. The first-order chi connectivity index (χ1) is 12.7. The van der Waals surface area contributed by atoms with Crippen LogP contribution in [0.5, 0.6) is 5.75 Å². The predicted octanol–water partition coefficient (Wildman–Crippen LogP) is 4.35. The number of fused-ring (bicyclic) bond motifs is 1. The van der Waals surface area contributed by atoms with Crippen molar-refractivity contribution in [3.05, 3.63) is 54.1 Å². The van der Waals surface area contributed by atoms with Crippen molar-refractivity contribution < 1.29 is 19.4 Å². The SMILES string of the molecule is CC(C)(C)Oc1ccc(CN2C(=O)C(CC(=O)O)Sc3ccccc32)cc1. The number of anilines is 1. The van der Waals surface area contributed by atoms with E-state index in [2.05, 4.69) is 0 Å². The molecule has 5 nitrogen and oxygen atoms in total. The highest BCUT2D eigenvalue weighted by atomic mass is 32.2. The number of aliphatic carboxylic acids is 1. The number of carboxylic acids is 1. The van der Waals surface area contributed by atoms with E-state index in [-0.39, 0.29) is 17.9 Å². The number of carbonyl (C=O) groups is 2. The van der Waals surface area contributed by atoms with Crippen LogP contribution in [0.2, 0.25) is 0 Å². The van der Waals surface area contributed by atoms with Crippen molar-refractivity contribution in [3.8, 4) is 5.75 Å². The fourth-order valence-corrected chi connectivity index (χ4v) is 4.14. The number of ether oxygens (including phenoxy) is 1. The normalized spacial score (nSPS) is 16.8. The van der Waals surface area contributed by atoms with E-state index < -0.39 is 11.2 Å². The molecular formula is C21H23NO4S. The lowest BCUT2D eigenvalue weighted by Crippen LogP contribution is -2.41. The first-order valence-electron chi connectivity index (χ1n) is 8.80. The van der Waals surface area contributed by atoms with Crippen LogP contribution in [0.3, 0.4) is 0 Å². The fourth-order valence-electron chi connectivity index (χ4n) is 2.93. The van der Waals surface area contributed by atoms with E-state index in [1.807, 2.05) is 69.3 Å². The van der Waals surface area contributed by atoms with Crippen molar-refractivity contribution in [2.24, 2.45) is 0 Å². The Labute approximate surface area is 163 Å². The standard InChI is InChI=1S/C21H23NO4S/c1-21(2,3)26-15-10-8-14(9-11-15)13-22-16-6-4-5-7-17(16)27-18(20(22)25)12-19(23)24/h4-11,18H,12-13H2,1-3H3,(H,23,24). The Morgan fingerprint density at radius 1 is 1.15 bits per heavy atom. The highest BCUT2D eigenvalue weighted by Crippen LogP contribution is 2.40. The van der Waals surface area contributed by atoms with E-state index in [0.29, 0.717) is 6.54 Å². The summed E-state index contributed by atoms with van der Waals surface area (Å²) < 4.78 is 5.84. The van der Waals surface area contributed by atoms with Crippen LogP contribution in [-0.2, 0) is 16.1 Å². The van der Waals surface area contributed by atoms with Gasteiger partial charge in [0.25, 0.3) is 0 Å². The molecule has 1 unspecified atom stereocenters. The second kappa shape index (κ2) is 7.64. The number of nitrogens with zero attached hydrogens (tertiary/aromatic N) is 1. The molecule has 0 saturated carbocycles. The van der Waals surface area contributed by atoms with Gasteiger partial charge in [0.05, 0.1) is 23.9 Å². The van der Waals surface area contributed by atoms with Gasteiger partial charge < -0.3 is 14.7 Å². The zero-order valence-corrected chi connectivity index (χ0v) is 16.5. The number of benzene rings is 2. The Hall–Kier alpha value is -2.47. The Kier molecular flexibility index (Phi) is 5.46. The van der Waals surface area contributed by atoms with E-state index >= 15 is 0 Å². The smallest absolute Gasteiger partial charge is 0.305 e. The van der Waals surface area contributed by atoms with Crippen LogP contribution in [0.15, 0.2) is 53.4 Å². The van der Waals surface area contributed by atoms with Gasteiger partial charge in [-0.05, 0) is 50.6 Å². The molecule has 1 amide bonds. The number of hydrogen-bond donors (Lipinski definition) is 1. The van der Waals surface area contributed by atoms with Gasteiger partial charge in [0, 0.05) is 4.90 Å². The molecule has 3 rings (SSSR count). The van der Waals surface area contributed by atoms with Crippen LogP contribution < -0.4 is 9.64 Å². The number of hydrogen-bond acceptors (Lipinski definition) is 4. The van der Waals surface area contributed by atoms with E-state index in [0.717, 1.165) is 21.9 Å². The molecule has 1 aliphatic heterocycles. The second-order valence-electron chi connectivity index (χ2n) is 7.45. The summed E-state index contributed by atoms with van der Waals surface area (Å²) in [6.07, 6.45) is -0.188. The maximum atomic E-state index is 12.9. The molecule has 0 fully saturated rings. The molecule has 1 aliphatic rings. The molecule has 1 N–H and O–H groups in total. The Bertz CT molecular complexity index is 842. The van der Waals surface area contributed by atoms with Crippen LogP contribution in [-0.4, -0.2) is 27.8 Å². The van der Waals surface area contributed by atoms with Crippen molar-refractivity contribution in [3.63, 3.8) is 0 Å². The number of carbonyl (C=O) groups excluding carboxylic acids is 1. The third-order valence-electron chi connectivity index (χ3n) is 4.01. The minimum Gasteiger partial charge on any atom is -0.488 e. The molecule has 0 aliphatic carbocycles. The van der Waals surface area contributed by atoms with Gasteiger partial charge in [-0.1, -0.05) is 24.3 Å². The first-order valence-corrected chi connectivity index (χ1v) is 9.68. The highest BCUT2D eigenvalue weighted by molar-refractivity contribution is 8.01. The van der Waals surface area contributed by atoms with E-state index in [1.54, 1.807) is 4.90 Å². The summed E-state index contributed by atoms with van der Waals surface area (Å²) in [6.45, 7) is 6.36. The van der Waals surface area contributed by atoms with E-state index in [1.165, 1.54) is 11.8 Å². The number of amides is 1. The molecule has 2 aromatic carbocycles. The van der Waals surface area contributed by atoms with Crippen LogP contribution in [0.4, 0.5) is 5.69 Å². The molecule has 6 heteroatoms. The van der Waals surface area contributed by atoms with Gasteiger partial charge in [-0.15, -0.1) is 11.8 Å². The molecule has 27 heavy (non-hydrogen) atoms. The van der Waals surface area contributed by atoms with Gasteiger partial charge in [0.2, 0.25) is 5.91 Å². The third kappa shape index (κ3) is 4.83. The summed E-state index contributed by atoms with van der Waals surface area (Å²) >= 11 is 1.32. The number of rotatable bonds is 5. The second-order valence-corrected chi connectivity index (χ2v) is 8.70. The van der Waals surface area contributed by atoms with Crippen LogP contribution in [0.1, 0.15) is 32.8 Å². The predicted molar refractivity (Wildman–Crippen MR) is 106 cm³/mol. The van der Waals surface area contributed by atoms with Crippen molar-refractivity contribution in [1.82, 2.24) is 0 Å². The summed E-state index contributed by atoms with van der Waals surface area (Å²) in [5.74, 6) is -0.365. The zero-order chi connectivity index (χ0) is 19.6. The monoisotopic (exact) mass is 385 g/mol. The molecule has 1 heterocycles. The molecule has 142 valence electrons. The third-order valence-corrected chi connectivity index (χ3v) is 5.27. The van der Waals surface area contributed by atoms with Crippen molar-refractivity contribution >= 4 is 29.3 Å². The zero-order valence-electron chi connectivity index (χ0n) is 15.6. The minimum absolute atomic E-state index is 0.170. The first kappa shape index (κ1) is 19.3. The summed E-state index contributed by atoms with van der Waals surface area (Å²) in [5, 5.41) is 8.52. The van der Waals surface area contributed by atoms with Gasteiger partial charge in [0.15, 0.2) is 0 Å². The van der Waals surface area contributed by atoms with Gasteiger partial charge in [0.1, 0.15) is 11.4 Å². The summed E-state index contributed by atoms with van der Waals surface area (Å²) in [7, 11) is 0. The molecular weight excluding hydrogens is 362 g/mol. The van der Waals surface area contributed by atoms with E-state index in [9.17, 15) is 9.59 Å². The highest BCUT2D eigenvalue weighted by Gasteiger charge is 2.34. The van der Waals surface area contributed by atoms with Gasteiger partial charge in [-0.3, -0.25) is 9.59 Å². The molecule has 0 saturated heterocycles. The lowest BCUT2D eigenvalue weighted by molar-refractivity contribution is -0.138. The van der Waals surface area contributed by atoms with Gasteiger partial charge >= 0.3 is 5.97 Å². The number of para-hydroxylation sites is 1. The molecule has 0 bridgehead atoms. The molecule has 1 atom stereocenters. The average molecular weight is 385 g/mol. The number of carboxylic acid groups (broad SMARTS) is 1. The fraction of sp³-hybridized carbons (Fsp3) is 0.333. The number of thioether (sulfide) groups is 1. The Balaban J connectivity index is 1.83. The topological polar surface area (TPSA) is 66.8 Å². The van der Waals surface area contributed by atoms with Crippen molar-refractivity contribution in [2.45, 2.75) is 49.5 Å². The maximum Gasteiger partial charge on any atom is 0.305 e. The van der Waals surface area contributed by atoms with Crippen molar-refractivity contribution in [1.29, 1.82) is 0 Å². The largest absolute Gasteiger partial charge is 0.488 e. The molecule has 0 radical (unpaired) electrons. The van der Waals surface area contributed by atoms with Crippen LogP contribution in [0, 0.1) is 0 Å². The Morgan fingerprint density at radius 2 is 1.81 bits per heavy atom. The molecule has 2 aromatic rings. The minimum atomic E-state index is -0.969. The quantitative estimate of drug-likeness (QED) is 0.829.